The fraction of sp³-hybridized carbons (Fsp3) is 0.167. The molecule has 0 atom stereocenters. The van der Waals surface area contributed by atoms with Gasteiger partial charge in [0.05, 0.1) is 26.0 Å². The highest BCUT2D eigenvalue weighted by atomic mass is 32.2. The molecule has 0 heterocycles. The maximum Gasteiger partial charge on any atom is 0.306 e. The number of ether oxygens (including phenoxy) is 3. The molecule has 4 aromatic rings. The van der Waals surface area contributed by atoms with E-state index in [0.29, 0.717) is 34.3 Å². The van der Waals surface area contributed by atoms with Crippen LogP contribution in [-0.4, -0.2) is 40.3 Å². The van der Waals surface area contributed by atoms with Gasteiger partial charge in [-0.15, -0.1) is 0 Å². The van der Waals surface area contributed by atoms with Crippen LogP contribution in [0, 0.1) is 6.92 Å². The zero-order chi connectivity index (χ0) is 28.2. The summed E-state index contributed by atoms with van der Waals surface area (Å²) in [5.74, 6) is 0.929. The molecule has 0 amide bonds. The van der Waals surface area contributed by atoms with E-state index in [-0.39, 0.29) is 35.2 Å². The smallest absolute Gasteiger partial charge is 0.306 e. The van der Waals surface area contributed by atoms with Crippen molar-refractivity contribution < 1.29 is 36.7 Å². The fourth-order valence-electron chi connectivity index (χ4n) is 4.16. The number of aldehydes is 1. The fourth-order valence-corrected chi connectivity index (χ4v) is 4.62. The molecule has 0 aliphatic carbocycles. The first-order valence-electron chi connectivity index (χ1n) is 11.9. The second-order valence-corrected chi connectivity index (χ2v) is 10.4. The Morgan fingerprint density at radius 3 is 2.08 bits per heavy atom. The minimum atomic E-state index is -3.89. The lowest BCUT2D eigenvalue weighted by Gasteiger charge is -2.19. The number of aryl methyl sites for hydroxylation is 1. The van der Waals surface area contributed by atoms with Crippen LogP contribution in [0.15, 0.2) is 72.8 Å². The molecule has 0 saturated heterocycles. The minimum Gasteiger partial charge on any atom is -0.508 e. The second-order valence-electron chi connectivity index (χ2n) is 8.84. The average Bonchev–Trinajstić information content (AvgIpc) is 2.91. The van der Waals surface area contributed by atoms with Gasteiger partial charge in [0, 0.05) is 11.1 Å². The largest absolute Gasteiger partial charge is 0.508 e. The van der Waals surface area contributed by atoms with E-state index in [1.807, 2.05) is 31.2 Å². The normalized spacial score (nSPS) is 11.1. The van der Waals surface area contributed by atoms with E-state index in [1.165, 1.54) is 32.4 Å². The Bertz CT molecular complexity index is 1590. The molecule has 0 unspecified atom stereocenters. The van der Waals surface area contributed by atoms with Gasteiger partial charge < -0.3 is 23.5 Å². The number of phenols is 1. The number of rotatable bonds is 10. The zero-order valence-electron chi connectivity index (χ0n) is 21.9. The van der Waals surface area contributed by atoms with Crippen LogP contribution in [0.2, 0.25) is 0 Å². The third-order valence-electron chi connectivity index (χ3n) is 5.99. The first-order valence-corrected chi connectivity index (χ1v) is 13.7. The Morgan fingerprint density at radius 2 is 1.49 bits per heavy atom. The Hall–Kier alpha value is -4.50. The number of benzene rings is 4. The Morgan fingerprint density at radius 1 is 0.821 bits per heavy atom. The molecule has 39 heavy (non-hydrogen) atoms. The van der Waals surface area contributed by atoms with Gasteiger partial charge in [0.1, 0.15) is 23.9 Å². The minimum absolute atomic E-state index is 0.0154. The number of carbonyl (C=O) groups excluding carboxylic acids is 1. The lowest BCUT2D eigenvalue weighted by atomic mass is 9.92. The van der Waals surface area contributed by atoms with Gasteiger partial charge in [-0.2, -0.15) is 8.42 Å². The van der Waals surface area contributed by atoms with Crippen LogP contribution < -0.4 is 18.4 Å². The van der Waals surface area contributed by atoms with Gasteiger partial charge in [-0.1, -0.05) is 48.0 Å². The van der Waals surface area contributed by atoms with Crippen molar-refractivity contribution in [2.45, 2.75) is 13.5 Å². The number of carbonyl (C=O) groups is 1. The molecule has 0 fully saturated rings. The van der Waals surface area contributed by atoms with Gasteiger partial charge in [-0.25, -0.2) is 0 Å². The molecule has 0 bridgehead atoms. The Kier molecular flexibility index (Phi) is 8.11. The molecule has 0 aliphatic heterocycles. The van der Waals surface area contributed by atoms with Crippen molar-refractivity contribution in [1.29, 1.82) is 0 Å². The van der Waals surface area contributed by atoms with Crippen LogP contribution in [-0.2, 0) is 16.7 Å². The van der Waals surface area contributed by atoms with Crippen molar-refractivity contribution in [2.24, 2.45) is 0 Å². The van der Waals surface area contributed by atoms with E-state index in [1.54, 1.807) is 30.3 Å². The third-order valence-corrected chi connectivity index (χ3v) is 6.47. The van der Waals surface area contributed by atoms with Crippen molar-refractivity contribution in [3.8, 4) is 51.0 Å². The van der Waals surface area contributed by atoms with Gasteiger partial charge >= 0.3 is 10.1 Å². The molecule has 4 rings (SSSR count). The third kappa shape index (κ3) is 6.32. The van der Waals surface area contributed by atoms with Crippen molar-refractivity contribution in [3.63, 3.8) is 0 Å². The van der Waals surface area contributed by atoms with Crippen LogP contribution in [0.3, 0.4) is 0 Å². The quantitative estimate of drug-likeness (QED) is 0.196. The second kappa shape index (κ2) is 11.5. The first-order chi connectivity index (χ1) is 18.6. The number of methoxy groups -OCH3 is 2. The lowest BCUT2D eigenvalue weighted by molar-refractivity contribution is 0.112. The summed E-state index contributed by atoms with van der Waals surface area (Å²) in [7, 11) is -0.974. The summed E-state index contributed by atoms with van der Waals surface area (Å²) in [4.78, 5) is 12.3. The summed E-state index contributed by atoms with van der Waals surface area (Å²) < 4.78 is 46.6. The molecule has 0 radical (unpaired) electrons. The number of aromatic hydroxyl groups is 1. The highest BCUT2D eigenvalue weighted by Gasteiger charge is 2.23. The van der Waals surface area contributed by atoms with Crippen LogP contribution in [0.1, 0.15) is 21.5 Å². The number of hydrogen-bond donors (Lipinski definition) is 1. The Balaban J connectivity index is 1.83. The average molecular weight is 549 g/mol. The van der Waals surface area contributed by atoms with Gasteiger partial charge in [-0.3, -0.25) is 4.79 Å². The maximum absolute atomic E-state index is 12.3. The van der Waals surface area contributed by atoms with Crippen LogP contribution in [0.5, 0.6) is 28.7 Å². The molecule has 4 aromatic carbocycles. The van der Waals surface area contributed by atoms with Crippen molar-refractivity contribution in [2.75, 3.05) is 20.5 Å². The molecule has 0 aromatic heterocycles. The molecule has 0 saturated carbocycles. The van der Waals surface area contributed by atoms with Crippen molar-refractivity contribution in [3.05, 3.63) is 89.5 Å². The van der Waals surface area contributed by atoms with Crippen molar-refractivity contribution in [1.82, 2.24) is 0 Å². The number of hydrogen-bond acceptors (Lipinski definition) is 8. The van der Waals surface area contributed by atoms with E-state index in [9.17, 15) is 18.3 Å². The Labute approximate surface area is 227 Å². The summed E-state index contributed by atoms with van der Waals surface area (Å²) in [5, 5.41) is 9.70. The monoisotopic (exact) mass is 548 g/mol. The summed E-state index contributed by atoms with van der Waals surface area (Å²) >= 11 is 0. The predicted octanol–water partition coefficient (Wildman–Crippen LogP) is 5.78. The predicted molar refractivity (Wildman–Crippen MR) is 148 cm³/mol. The van der Waals surface area contributed by atoms with Gasteiger partial charge in [0.2, 0.25) is 0 Å². The zero-order valence-corrected chi connectivity index (χ0v) is 22.7. The first kappa shape index (κ1) is 27.5. The number of phenolic OH excluding ortho intramolecular Hbond substituents is 1. The summed E-state index contributed by atoms with van der Waals surface area (Å²) in [5.41, 5.74) is 4.34. The lowest BCUT2D eigenvalue weighted by Crippen LogP contribution is -2.08. The van der Waals surface area contributed by atoms with E-state index >= 15 is 0 Å². The standard InChI is InChI=1S/C30H28O8S/c1-19-5-7-20(8-6-19)18-37-26-14-11-22(15-27(26)38-39(4,33)34)24-16-28(35-2)29(25(17-31)30(24)36-3)21-9-12-23(32)13-10-21/h5-17,32H,18H2,1-4H3. The van der Waals surface area contributed by atoms with Gasteiger partial charge in [0.15, 0.2) is 17.8 Å². The highest BCUT2D eigenvalue weighted by molar-refractivity contribution is 7.86. The molecule has 0 aliphatic rings. The van der Waals surface area contributed by atoms with E-state index in [2.05, 4.69) is 0 Å². The maximum atomic E-state index is 12.3. The van der Waals surface area contributed by atoms with Crippen LogP contribution >= 0.6 is 0 Å². The highest BCUT2D eigenvalue weighted by Crippen LogP contribution is 2.46. The molecule has 9 heteroatoms. The SMILES string of the molecule is COc1cc(-c2ccc(OCc3ccc(C)cc3)c(OS(C)(=O)=O)c2)c(OC)c(C=O)c1-c1ccc(O)cc1. The molecule has 0 spiro atoms. The van der Waals surface area contributed by atoms with E-state index in [4.69, 9.17) is 18.4 Å². The summed E-state index contributed by atoms with van der Waals surface area (Å²) in [6.45, 7) is 2.19. The van der Waals surface area contributed by atoms with Crippen LogP contribution in [0.25, 0.3) is 22.3 Å². The molecule has 8 nitrogen and oxygen atoms in total. The molecular formula is C30H28O8S. The molecule has 1 N–H and O–H groups in total. The van der Waals surface area contributed by atoms with Crippen LogP contribution in [0.4, 0.5) is 0 Å². The topological polar surface area (TPSA) is 108 Å². The van der Waals surface area contributed by atoms with E-state index < -0.39 is 10.1 Å². The molecule has 202 valence electrons. The van der Waals surface area contributed by atoms with E-state index in [0.717, 1.165) is 17.4 Å². The molecular weight excluding hydrogens is 520 g/mol. The van der Waals surface area contributed by atoms with Gasteiger partial charge in [-0.05, 0) is 53.9 Å². The van der Waals surface area contributed by atoms with Gasteiger partial charge in [0.25, 0.3) is 0 Å². The van der Waals surface area contributed by atoms with Crippen molar-refractivity contribution >= 4 is 16.4 Å². The summed E-state index contributed by atoms with van der Waals surface area (Å²) in [6, 6.07) is 20.6. The summed E-state index contributed by atoms with van der Waals surface area (Å²) in [6.07, 6.45) is 1.62.